The highest BCUT2D eigenvalue weighted by atomic mass is 16.6. The number of ether oxygens (including phenoxy) is 4. The summed E-state index contributed by atoms with van der Waals surface area (Å²) in [7, 11) is 0. The molecule has 3 saturated heterocycles. The summed E-state index contributed by atoms with van der Waals surface area (Å²) in [5, 5.41) is 2.77. The molecule has 7 nitrogen and oxygen atoms in total. The van der Waals surface area contributed by atoms with Gasteiger partial charge in [-0.2, -0.15) is 0 Å². The number of hydrogen-bond acceptors (Lipinski definition) is 6. The summed E-state index contributed by atoms with van der Waals surface area (Å²) in [6.07, 6.45) is 4.53. The molecule has 3 aliphatic rings. The molecule has 0 spiro atoms. The molecule has 0 saturated carbocycles. The minimum Gasteiger partial charge on any atom is -0.457 e. The molecule has 3 rings (SSSR count). The van der Waals surface area contributed by atoms with Gasteiger partial charge < -0.3 is 24.3 Å². The van der Waals surface area contributed by atoms with Crippen molar-refractivity contribution in [3.63, 3.8) is 0 Å². The van der Waals surface area contributed by atoms with Crippen molar-refractivity contribution in [3.05, 3.63) is 0 Å². The molecule has 3 fully saturated rings. The first-order valence-electron chi connectivity index (χ1n) is 10.9. The van der Waals surface area contributed by atoms with E-state index in [1.165, 1.54) is 0 Å². The molecule has 0 aliphatic carbocycles. The van der Waals surface area contributed by atoms with Crippen LogP contribution in [0.25, 0.3) is 0 Å². The van der Waals surface area contributed by atoms with E-state index in [0.717, 1.165) is 38.5 Å². The van der Waals surface area contributed by atoms with Crippen molar-refractivity contribution in [3.8, 4) is 0 Å². The summed E-state index contributed by atoms with van der Waals surface area (Å²) < 4.78 is 22.8. The van der Waals surface area contributed by atoms with E-state index in [0.29, 0.717) is 6.54 Å². The van der Waals surface area contributed by atoms with Gasteiger partial charge in [0.05, 0.1) is 17.8 Å². The number of carbonyl (C=O) groups is 2. The van der Waals surface area contributed by atoms with Gasteiger partial charge in [-0.25, -0.2) is 9.59 Å². The second kappa shape index (κ2) is 8.06. The van der Waals surface area contributed by atoms with Gasteiger partial charge in [-0.15, -0.1) is 0 Å². The van der Waals surface area contributed by atoms with Crippen LogP contribution < -0.4 is 5.32 Å². The van der Waals surface area contributed by atoms with Crippen LogP contribution in [0.15, 0.2) is 0 Å². The molecule has 5 atom stereocenters. The Labute approximate surface area is 174 Å². The van der Waals surface area contributed by atoms with Crippen LogP contribution in [0.3, 0.4) is 0 Å². The first-order valence-corrected chi connectivity index (χ1v) is 10.9. The lowest BCUT2D eigenvalue weighted by Gasteiger charge is -2.36. The van der Waals surface area contributed by atoms with E-state index < -0.39 is 23.4 Å². The summed E-state index contributed by atoms with van der Waals surface area (Å²) in [5.41, 5.74) is -1.00. The maximum Gasteiger partial charge on any atom is 0.407 e. The zero-order chi connectivity index (χ0) is 21.4. The summed E-state index contributed by atoms with van der Waals surface area (Å²) in [4.78, 5) is 24.2. The van der Waals surface area contributed by atoms with Crippen molar-refractivity contribution >= 4 is 12.1 Å². The van der Waals surface area contributed by atoms with E-state index >= 15 is 0 Å². The number of amides is 1. The normalized spacial score (nSPS) is 35.6. The highest BCUT2D eigenvalue weighted by Gasteiger charge is 2.57. The van der Waals surface area contributed by atoms with E-state index in [9.17, 15) is 9.59 Å². The Kier molecular flexibility index (Phi) is 6.21. The number of rotatable bonds is 7. The van der Waals surface area contributed by atoms with E-state index in [-0.39, 0.29) is 29.7 Å². The van der Waals surface area contributed by atoms with Crippen LogP contribution in [-0.4, -0.2) is 53.7 Å². The Hall–Kier alpha value is -1.34. The third-order valence-electron chi connectivity index (χ3n) is 6.29. The molecule has 3 aliphatic heterocycles. The van der Waals surface area contributed by atoms with Crippen molar-refractivity contribution in [1.82, 2.24) is 5.32 Å². The molecule has 29 heavy (non-hydrogen) atoms. The summed E-state index contributed by atoms with van der Waals surface area (Å²) in [5.74, 6) is -0.127. The number of esters is 1. The fourth-order valence-electron chi connectivity index (χ4n) is 4.54. The number of fused-ring (bicyclic) bond motifs is 1. The number of epoxide rings is 1. The van der Waals surface area contributed by atoms with Crippen LogP contribution in [-0.2, 0) is 23.7 Å². The lowest BCUT2D eigenvalue weighted by molar-refractivity contribution is -0.157. The fraction of sp³-hybridized carbons (Fsp3) is 0.909. The first-order chi connectivity index (χ1) is 13.4. The van der Waals surface area contributed by atoms with Crippen LogP contribution in [0, 0.1) is 5.92 Å². The lowest BCUT2D eigenvalue weighted by Crippen LogP contribution is -2.42. The zero-order valence-corrected chi connectivity index (χ0v) is 18.7. The molecule has 0 radical (unpaired) electrons. The Morgan fingerprint density at radius 1 is 1.21 bits per heavy atom. The maximum atomic E-state index is 12.5. The minimum atomic E-state index is -0.498. The van der Waals surface area contributed by atoms with E-state index in [1.54, 1.807) is 0 Å². The molecule has 0 aromatic rings. The summed E-state index contributed by atoms with van der Waals surface area (Å²) in [6, 6.07) is 0. The van der Waals surface area contributed by atoms with Crippen molar-refractivity contribution in [2.24, 2.45) is 5.92 Å². The summed E-state index contributed by atoms with van der Waals surface area (Å²) >= 11 is 0. The molecule has 0 aromatic carbocycles. The molecule has 0 bridgehead atoms. The van der Waals surface area contributed by atoms with Gasteiger partial charge in [-0.1, -0.05) is 0 Å². The largest absolute Gasteiger partial charge is 0.457 e. The van der Waals surface area contributed by atoms with Gasteiger partial charge in [0.15, 0.2) is 6.10 Å². The molecule has 166 valence electrons. The van der Waals surface area contributed by atoms with Crippen molar-refractivity contribution in [2.75, 3.05) is 6.54 Å². The molecule has 7 heteroatoms. The van der Waals surface area contributed by atoms with Crippen molar-refractivity contribution in [1.29, 1.82) is 0 Å². The van der Waals surface area contributed by atoms with Crippen LogP contribution in [0.4, 0.5) is 4.79 Å². The Balaban J connectivity index is 1.40. The molecular formula is C22H37NO6. The van der Waals surface area contributed by atoms with E-state index in [4.69, 9.17) is 18.9 Å². The second-order valence-electron chi connectivity index (χ2n) is 10.4. The predicted octanol–water partition coefficient (Wildman–Crippen LogP) is 3.73. The average Bonchev–Trinajstić information content (AvgIpc) is 3.13. The van der Waals surface area contributed by atoms with Gasteiger partial charge >= 0.3 is 12.1 Å². The third-order valence-corrected chi connectivity index (χ3v) is 6.29. The fourth-order valence-corrected chi connectivity index (χ4v) is 4.54. The van der Waals surface area contributed by atoms with Crippen LogP contribution in [0.2, 0.25) is 0 Å². The molecule has 1 N–H and O–H groups in total. The van der Waals surface area contributed by atoms with Gasteiger partial charge in [0.2, 0.25) is 0 Å². The highest BCUT2D eigenvalue weighted by molar-refractivity contribution is 5.78. The molecule has 3 heterocycles. The predicted molar refractivity (Wildman–Crippen MR) is 108 cm³/mol. The topological polar surface area (TPSA) is 86.4 Å². The Morgan fingerprint density at radius 3 is 2.52 bits per heavy atom. The monoisotopic (exact) mass is 411 g/mol. The number of carbonyl (C=O) groups excluding carboxylic acids is 2. The number of alkyl carbamates (subject to hydrolysis) is 1. The molecule has 0 aromatic heterocycles. The lowest BCUT2D eigenvalue weighted by atomic mass is 9.77. The molecular weight excluding hydrogens is 374 g/mol. The van der Waals surface area contributed by atoms with E-state index in [1.807, 2.05) is 27.7 Å². The van der Waals surface area contributed by atoms with Crippen LogP contribution >= 0.6 is 0 Å². The van der Waals surface area contributed by atoms with Crippen molar-refractivity contribution in [2.45, 2.75) is 115 Å². The Bertz CT molecular complexity index is 627. The Morgan fingerprint density at radius 2 is 1.90 bits per heavy atom. The molecule has 1 unspecified atom stereocenters. The maximum absolute atomic E-state index is 12.5. The second-order valence-corrected chi connectivity index (χ2v) is 10.4. The van der Waals surface area contributed by atoms with E-state index in [2.05, 4.69) is 19.2 Å². The van der Waals surface area contributed by atoms with Gasteiger partial charge in [0.25, 0.3) is 0 Å². The first kappa shape index (κ1) is 22.3. The third kappa shape index (κ3) is 5.63. The van der Waals surface area contributed by atoms with Crippen LogP contribution in [0.5, 0.6) is 0 Å². The standard InChI is InChI=1S/C22H37NO6/c1-20(2,3)29-19(25)23-13-7-8-14-9-10-15-17(26-14)18(24)28-22(15,6)12-11-16-21(4,5)27-16/h14-17H,7-13H2,1-6H3,(H,23,25)/t14-,15-,16?,17-,22+/m1/s1. The zero-order valence-electron chi connectivity index (χ0n) is 18.7. The SMILES string of the molecule is CC(C)(C)OC(=O)NCCC[C@@H]1CC[C@@H]2[C@@H](O1)C(=O)O[C@@]2(C)CCC1OC1(C)C. The van der Waals surface area contributed by atoms with Crippen molar-refractivity contribution < 1.29 is 28.5 Å². The van der Waals surface area contributed by atoms with Gasteiger partial charge in [-0.3, -0.25) is 0 Å². The highest BCUT2D eigenvalue weighted by Crippen LogP contribution is 2.47. The average molecular weight is 412 g/mol. The van der Waals surface area contributed by atoms with Gasteiger partial charge in [0.1, 0.15) is 11.2 Å². The van der Waals surface area contributed by atoms with Gasteiger partial charge in [0, 0.05) is 12.5 Å². The number of hydrogen-bond donors (Lipinski definition) is 1. The van der Waals surface area contributed by atoms with Crippen LogP contribution in [0.1, 0.15) is 80.1 Å². The minimum absolute atomic E-state index is 0.0253. The number of cyclic esters (lactones) is 1. The van der Waals surface area contributed by atoms with Gasteiger partial charge in [-0.05, 0) is 80.1 Å². The number of nitrogens with one attached hydrogen (secondary N) is 1. The smallest absolute Gasteiger partial charge is 0.407 e. The molecule has 1 amide bonds. The quantitative estimate of drug-likeness (QED) is 0.390. The summed E-state index contributed by atoms with van der Waals surface area (Å²) in [6.45, 7) is 12.3.